The summed E-state index contributed by atoms with van der Waals surface area (Å²) in [6, 6.07) is 8.29. The maximum absolute atomic E-state index is 12.5. The molecule has 1 aliphatic carbocycles. The van der Waals surface area contributed by atoms with Crippen molar-refractivity contribution in [3.63, 3.8) is 0 Å². The minimum Gasteiger partial charge on any atom is -0.377 e. The number of rotatable bonds is 4. The molecule has 1 atom stereocenters. The van der Waals surface area contributed by atoms with E-state index in [9.17, 15) is 4.79 Å². The van der Waals surface area contributed by atoms with Crippen molar-refractivity contribution >= 4 is 6.03 Å². The number of fused-ring (bicyclic) bond motifs is 2. The maximum Gasteiger partial charge on any atom is 0.315 e. The molecule has 2 heterocycles. The zero-order chi connectivity index (χ0) is 17.2. The highest BCUT2D eigenvalue weighted by Gasteiger charge is 2.27. The molecule has 4 rings (SSSR count). The molecule has 2 aliphatic rings. The molecule has 1 aromatic carbocycles. The summed E-state index contributed by atoms with van der Waals surface area (Å²) in [5.74, 6) is 1.49. The van der Waals surface area contributed by atoms with Crippen molar-refractivity contribution in [3.8, 4) is 0 Å². The number of hydrogen-bond donors (Lipinski definition) is 2. The molecule has 0 saturated heterocycles. The molecule has 7 heteroatoms. The molecule has 132 valence electrons. The number of hydrogen-bond acceptors (Lipinski definition) is 4. The number of nitrogens with one attached hydrogen (secondary N) is 2. The molecule has 0 bridgehead atoms. The average molecular weight is 341 g/mol. The Morgan fingerprint density at radius 3 is 2.76 bits per heavy atom. The van der Waals surface area contributed by atoms with Crippen LogP contribution in [0.3, 0.4) is 0 Å². The molecule has 0 fully saturated rings. The second-order valence-electron chi connectivity index (χ2n) is 6.73. The van der Waals surface area contributed by atoms with E-state index in [1.54, 1.807) is 7.11 Å². The third kappa shape index (κ3) is 3.37. The number of methoxy groups -OCH3 is 1. The Morgan fingerprint density at radius 2 is 2.04 bits per heavy atom. The topological polar surface area (TPSA) is 81.1 Å². The van der Waals surface area contributed by atoms with E-state index >= 15 is 0 Å². The van der Waals surface area contributed by atoms with Gasteiger partial charge in [0.2, 0.25) is 0 Å². The average Bonchev–Trinajstić information content (AvgIpc) is 3.18. The summed E-state index contributed by atoms with van der Waals surface area (Å²) in [5, 5.41) is 10.6. The van der Waals surface area contributed by atoms with E-state index in [1.165, 1.54) is 11.1 Å². The predicted octanol–water partition coefficient (Wildman–Crippen LogP) is 1.73. The Bertz CT molecular complexity index is 748. The summed E-state index contributed by atoms with van der Waals surface area (Å²) in [7, 11) is 1.63. The molecule has 2 aromatic rings. The monoisotopic (exact) mass is 341 g/mol. The standard InChI is InChI=1S/C18H23N5O2/c1-25-11-16-21-17-15(7-4-8-23(17)22-16)20-18(24)19-14-9-12-5-2-3-6-13(12)10-14/h2-3,5-6,14-15H,4,7-11H2,1H3,(H2,19,20,24)/t15-/m1/s1. The molecule has 25 heavy (non-hydrogen) atoms. The first-order valence-corrected chi connectivity index (χ1v) is 8.79. The number of nitrogens with zero attached hydrogens (tertiary/aromatic N) is 3. The van der Waals surface area contributed by atoms with Crippen molar-refractivity contribution in [2.75, 3.05) is 7.11 Å². The van der Waals surface area contributed by atoms with Crippen molar-refractivity contribution in [2.45, 2.75) is 50.9 Å². The third-order valence-corrected chi connectivity index (χ3v) is 4.88. The summed E-state index contributed by atoms with van der Waals surface area (Å²) in [6.45, 7) is 1.23. The van der Waals surface area contributed by atoms with Crippen LogP contribution in [0.25, 0.3) is 0 Å². The number of benzene rings is 1. The first-order chi connectivity index (χ1) is 12.2. The minimum atomic E-state index is -0.132. The van der Waals surface area contributed by atoms with Crippen molar-refractivity contribution in [1.82, 2.24) is 25.4 Å². The quantitative estimate of drug-likeness (QED) is 0.887. The van der Waals surface area contributed by atoms with Gasteiger partial charge in [0, 0.05) is 19.7 Å². The molecule has 0 unspecified atom stereocenters. The number of urea groups is 1. The van der Waals surface area contributed by atoms with Crippen LogP contribution in [0.5, 0.6) is 0 Å². The molecular formula is C18H23N5O2. The van der Waals surface area contributed by atoms with E-state index in [4.69, 9.17) is 4.74 Å². The van der Waals surface area contributed by atoms with Gasteiger partial charge in [0.05, 0.1) is 6.04 Å². The van der Waals surface area contributed by atoms with Gasteiger partial charge < -0.3 is 15.4 Å². The number of carbonyl (C=O) groups excluding carboxylic acids is 1. The van der Waals surface area contributed by atoms with E-state index < -0.39 is 0 Å². The summed E-state index contributed by atoms with van der Waals surface area (Å²) in [6.07, 6.45) is 3.64. The summed E-state index contributed by atoms with van der Waals surface area (Å²) >= 11 is 0. The van der Waals surface area contributed by atoms with Crippen molar-refractivity contribution < 1.29 is 9.53 Å². The van der Waals surface area contributed by atoms with E-state index in [2.05, 4.69) is 32.8 Å². The van der Waals surface area contributed by atoms with Gasteiger partial charge in [-0.05, 0) is 36.8 Å². The van der Waals surface area contributed by atoms with Gasteiger partial charge in [0.15, 0.2) is 5.82 Å². The highest BCUT2D eigenvalue weighted by atomic mass is 16.5. The molecule has 1 aromatic heterocycles. The van der Waals surface area contributed by atoms with Crippen molar-refractivity contribution in [3.05, 3.63) is 47.0 Å². The van der Waals surface area contributed by atoms with Crippen LogP contribution in [0.2, 0.25) is 0 Å². The van der Waals surface area contributed by atoms with Crippen LogP contribution in [-0.2, 0) is 30.7 Å². The Labute approximate surface area is 146 Å². The highest BCUT2D eigenvalue weighted by Crippen LogP contribution is 2.24. The number of ether oxygens (including phenoxy) is 1. The van der Waals surface area contributed by atoms with Gasteiger partial charge >= 0.3 is 6.03 Å². The number of aromatic nitrogens is 3. The second-order valence-corrected chi connectivity index (χ2v) is 6.73. The van der Waals surface area contributed by atoms with Gasteiger partial charge in [0.25, 0.3) is 0 Å². The van der Waals surface area contributed by atoms with Gasteiger partial charge in [-0.2, -0.15) is 5.10 Å². The highest BCUT2D eigenvalue weighted by molar-refractivity contribution is 5.75. The van der Waals surface area contributed by atoms with Crippen molar-refractivity contribution in [2.24, 2.45) is 0 Å². The first-order valence-electron chi connectivity index (χ1n) is 8.79. The number of amides is 2. The molecule has 0 saturated carbocycles. The van der Waals surface area contributed by atoms with Crippen LogP contribution in [0.4, 0.5) is 4.79 Å². The lowest BCUT2D eigenvalue weighted by molar-refractivity contribution is 0.177. The van der Waals surface area contributed by atoms with Crippen LogP contribution in [0, 0.1) is 0 Å². The minimum absolute atomic E-state index is 0.101. The Balaban J connectivity index is 1.38. The van der Waals surface area contributed by atoms with Crippen LogP contribution < -0.4 is 10.6 Å². The Kier molecular flexibility index (Phi) is 4.40. The molecular weight excluding hydrogens is 318 g/mol. The molecule has 7 nitrogen and oxygen atoms in total. The zero-order valence-electron chi connectivity index (χ0n) is 14.4. The van der Waals surface area contributed by atoms with Crippen LogP contribution >= 0.6 is 0 Å². The summed E-state index contributed by atoms with van der Waals surface area (Å²) in [5.41, 5.74) is 2.66. The molecule has 2 amide bonds. The fourth-order valence-electron chi connectivity index (χ4n) is 3.77. The fraction of sp³-hybridized carbons (Fsp3) is 0.500. The van der Waals surface area contributed by atoms with E-state index in [-0.39, 0.29) is 18.1 Å². The summed E-state index contributed by atoms with van der Waals surface area (Å²) < 4.78 is 6.99. The lowest BCUT2D eigenvalue weighted by Gasteiger charge is -2.24. The summed E-state index contributed by atoms with van der Waals surface area (Å²) in [4.78, 5) is 17.0. The molecule has 0 radical (unpaired) electrons. The van der Waals surface area contributed by atoms with Gasteiger partial charge in [-0.1, -0.05) is 24.3 Å². The Hall–Kier alpha value is -2.41. The Morgan fingerprint density at radius 1 is 1.28 bits per heavy atom. The number of aryl methyl sites for hydroxylation is 1. The van der Waals surface area contributed by atoms with E-state index in [1.807, 2.05) is 16.8 Å². The van der Waals surface area contributed by atoms with Crippen LogP contribution in [0.15, 0.2) is 24.3 Å². The lowest BCUT2D eigenvalue weighted by atomic mass is 10.1. The predicted molar refractivity (Wildman–Crippen MR) is 92.0 cm³/mol. The number of carbonyl (C=O) groups is 1. The van der Waals surface area contributed by atoms with Gasteiger partial charge in [-0.3, -0.25) is 0 Å². The van der Waals surface area contributed by atoms with E-state index in [0.29, 0.717) is 12.4 Å². The van der Waals surface area contributed by atoms with Crippen LogP contribution in [0.1, 0.15) is 41.7 Å². The second kappa shape index (κ2) is 6.84. The SMILES string of the molecule is COCc1nc2n(n1)CCC[C@H]2NC(=O)NC1Cc2ccccc2C1. The van der Waals surface area contributed by atoms with Gasteiger partial charge in [-0.25, -0.2) is 14.5 Å². The lowest BCUT2D eigenvalue weighted by Crippen LogP contribution is -2.45. The largest absolute Gasteiger partial charge is 0.377 e. The maximum atomic E-state index is 12.5. The third-order valence-electron chi connectivity index (χ3n) is 4.88. The molecule has 0 spiro atoms. The van der Waals surface area contributed by atoms with E-state index in [0.717, 1.165) is 38.1 Å². The van der Waals surface area contributed by atoms with Gasteiger partial charge in [0.1, 0.15) is 12.4 Å². The first kappa shape index (κ1) is 16.1. The van der Waals surface area contributed by atoms with Crippen molar-refractivity contribution in [1.29, 1.82) is 0 Å². The van der Waals surface area contributed by atoms with Crippen LogP contribution in [-0.4, -0.2) is 33.9 Å². The fourth-order valence-corrected chi connectivity index (χ4v) is 3.77. The smallest absolute Gasteiger partial charge is 0.315 e. The van der Waals surface area contributed by atoms with Gasteiger partial charge in [-0.15, -0.1) is 0 Å². The molecule has 2 N–H and O–H groups in total. The normalized spacial score (nSPS) is 19.3. The molecule has 1 aliphatic heterocycles. The zero-order valence-corrected chi connectivity index (χ0v) is 14.4.